The summed E-state index contributed by atoms with van der Waals surface area (Å²) in [6.45, 7) is 1.89. The van der Waals surface area contributed by atoms with Crippen LogP contribution in [0, 0.1) is 0 Å². The number of H-pyrrole nitrogens is 1. The molecule has 0 radical (unpaired) electrons. The summed E-state index contributed by atoms with van der Waals surface area (Å²) < 4.78 is 10.3. The van der Waals surface area contributed by atoms with Crippen molar-refractivity contribution in [2.24, 2.45) is 0 Å². The number of ether oxygens (including phenoxy) is 2. The molecular formula is C23H24N2O4. The molecule has 0 atom stereocenters. The molecule has 6 nitrogen and oxygen atoms in total. The van der Waals surface area contributed by atoms with E-state index in [0.29, 0.717) is 23.6 Å². The summed E-state index contributed by atoms with van der Waals surface area (Å²) in [5.74, 6) is -0.115. The predicted molar refractivity (Wildman–Crippen MR) is 111 cm³/mol. The molecule has 0 bridgehead atoms. The number of carbonyl (C=O) groups excluding carboxylic acids is 2. The van der Waals surface area contributed by atoms with Crippen molar-refractivity contribution in [1.29, 1.82) is 0 Å². The van der Waals surface area contributed by atoms with Crippen LogP contribution in [0.2, 0.25) is 0 Å². The Balaban J connectivity index is 1.48. The molecule has 4 rings (SSSR count). The van der Waals surface area contributed by atoms with E-state index in [2.05, 4.69) is 10.3 Å². The van der Waals surface area contributed by atoms with E-state index in [4.69, 9.17) is 9.47 Å². The average molecular weight is 392 g/mol. The molecule has 1 aliphatic rings. The third-order valence-corrected chi connectivity index (χ3v) is 5.11. The number of benzene rings is 2. The standard InChI is InChI=1S/C23H24N2O4/c1-2-28-22(26)14-29-17-7-5-6-16(13-17)24-23(27)15-10-11-21-19(12-15)18-8-3-4-9-20(18)25-21/h5-7,10-13,25H,2-4,8-9,14H2,1H3,(H,24,27). The van der Waals surface area contributed by atoms with Crippen molar-refractivity contribution in [3.63, 3.8) is 0 Å². The number of hydrogen-bond donors (Lipinski definition) is 2. The molecule has 0 aliphatic heterocycles. The van der Waals surface area contributed by atoms with Crippen molar-refractivity contribution in [1.82, 2.24) is 4.98 Å². The van der Waals surface area contributed by atoms with Crippen molar-refractivity contribution in [2.75, 3.05) is 18.5 Å². The second-order valence-electron chi connectivity index (χ2n) is 7.13. The molecule has 29 heavy (non-hydrogen) atoms. The van der Waals surface area contributed by atoms with E-state index < -0.39 is 5.97 Å². The summed E-state index contributed by atoms with van der Waals surface area (Å²) in [7, 11) is 0. The first-order valence-electron chi connectivity index (χ1n) is 9.97. The number of esters is 1. The third-order valence-electron chi connectivity index (χ3n) is 5.11. The number of aromatic amines is 1. The molecule has 1 heterocycles. The van der Waals surface area contributed by atoms with Crippen LogP contribution in [0.1, 0.15) is 41.4 Å². The van der Waals surface area contributed by atoms with Gasteiger partial charge in [0.05, 0.1) is 6.61 Å². The van der Waals surface area contributed by atoms with Gasteiger partial charge in [-0.05, 0) is 68.5 Å². The Bertz CT molecular complexity index is 1050. The summed E-state index contributed by atoms with van der Waals surface area (Å²) in [6.07, 6.45) is 4.53. The number of carbonyl (C=O) groups is 2. The number of rotatable bonds is 6. The largest absolute Gasteiger partial charge is 0.482 e. The van der Waals surface area contributed by atoms with Gasteiger partial charge in [0.15, 0.2) is 6.61 Å². The number of amides is 1. The van der Waals surface area contributed by atoms with Gasteiger partial charge in [0.2, 0.25) is 0 Å². The van der Waals surface area contributed by atoms with Gasteiger partial charge in [0.1, 0.15) is 5.75 Å². The van der Waals surface area contributed by atoms with Crippen molar-refractivity contribution >= 4 is 28.5 Å². The molecule has 6 heteroatoms. The quantitative estimate of drug-likeness (QED) is 0.615. The van der Waals surface area contributed by atoms with Crippen LogP contribution in [0.15, 0.2) is 42.5 Å². The van der Waals surface area contributed by atoms with Crippen molar-refractivity contribution in [3.8, 4) is 5.75 Å². The Kier molecular flexibility index (Phi) is 5.51. The monoisotopic (exact) mass is 392 g/mol. The first-order valence-corrected chi connectivity index (χ1v) is 9.97. The van der Waals surface area contributed by atoms with E-state index in [9.17, 15) is 9.59 Å². The Morgan fingerprint density at radius 2 is 1.97 bits per heavy atom. The molecular weight excluding hydrogens is 368 g/mol. The number of hydrogen-bond acceptors (Lipinski definition) is 4. The normalized spacial score (nSPS) is 13.0. The Morgan fingerprint density at radius 1 is 1.10 bits per heavy atom. The topological polar surface area (TPSA) is 80.4 Å². The molecule has 3 aromatic rings. The number of aromatic nitrogens is 1. The molecule has 0 unspecified atom stereocenters. The second-order valence-corrected chi connectivity index (χ2v) is 7.13. The first kappa shape index (κ1) is 19.1. The molecule has 150 valence electrons. The van der Waals surface area contributed by atoms with Crippen LogP contribution in [0.4, 0.5) is 5.69 Å². The molecule has 0 fully saturated rings. The van der Waals surface area contributed by atoms with Gasteiger partial charge in [-0.3, -0.25) is 4.79 Å². The van der Waals surface area contributed by atoms with E-state index >= 15 is 0 Å². The number of nitrogens with one attached hydrogen (secondary N) is 2. The highest BCUT2D eigenvalue weighted by Gasteiger charge is 2.17. The first-order chi connectivity index (χ1) is 14.1. The molecule has 1 aromatic heterocycles. The van der Waals surface area contributed by atoms with Crippen LogP contribution in [-0.2, 0) is 22.4 Å². The van der Waals surface area contributed by atoms with Gasteiger partial charge < -0.3 is 19.8 Å². The molecule has 0 spiro atoms. The summed E-state index contributed by atoms with van der Waals surface area (Å²) in [4.78, 5) is 27.7. The van der Waals surface area contributed by atoms with E-state index in [-0.39, 0.29) is 12.5 Å². The van der Waals surface area contributed by atoms with Crippen molar-refractivity contribution in [2.45, 2.75) is 32.6 Å². The fraction of sp³-hybridized carbons (Fsp3) is 0.304. The molecule has 1 aliphatic carbocycles. The lowest BCUT2D eigenvalue weighted by Gasteiger charge is -2.11. The van der Waals surface area contributed by atoms with E-state index in [0.717, 1.165) is 23.7 Å². The maximum atomic E-state index is 12.8. The minimum absolute atomic E-state index is 0.166. The number of aryl methyl sites for hydroxylation is 2. The van der Waals surface area contributed by atoms with Crippen molar-refractivity contribution < 1.29 is 19.1 Å². The molecule has 2 N–H and O–H groups in total. The zero-order valence-electron chi connectivity index (χ0n) is 16.4. The predicted octanol–water partition coefficient (Wildman–Crippen LogP) is 4.24. The van der Waals surface area contributed by atoms with Gasteiger partial charge in [-0.2, -0.15) is 0 Å². The highest BCUT2D eigenvalue weighted by Crippen LogP contribution is 2.30. The highest BCUT2D eigenvalue weighted by atomic mass is 16.6. The molecule has 2 aromatic carbocycles. The van der Waals surface area contributed by atoms with Crippen LogP contribution >= 0.6 is 0 Å². The van der Waals surface area contributed by atoms with Crippen molar-refractivity contribution in [3.05, 3.63) is 59.3 Å². The molecule has 0 saturated carbocycles. The van der Waals surface area contributed by atoms with Gasteiger partial charge >= 0.3 is 5.97 Å². The average Bonchev–Trinajstić information content (AvgIpc) is 3.11. The minimum atomic E-state index is -0.426. The van der Waals surface area contributed by atoms with Crippen LogP contribution in [0.5, 0.6) is 5.75 Å². The van der Waals surface area contributed by atoms with Gasteiger partial charge in [0.25, 0.3) is 5.91 Å². The molecule has 1 amide bonds. The lowest BCUT2D eigenvalue weighted by molar-refractivity contribution is -0.145. The lowest BCUT2D eigenvalue weighted by Crippen LogP contribution is -2.15. The Morgan fingerprint density at radius 3 is 2.83 bits per heavy atom. The van der Waals surface area contributed by atoms with Gasteiger partial charge in [-0.25, -0.2) is 4.79 Å². The Hall–Kier alpha value is -3.28. The SMILES string of the molecule is CCOC(=O)COc1cccc(NC(=O)c2ccc3[nH]c4c(c3c2)CCCC4)c1. The second kappa shape index (κ2) is 8.39. The lowest BCUT2D eigenvalue weighted by atomic mass is 9.95. The maximum absolute atomic E-state index is 12.8. The fourth-order valence-electron chi connectivity index (χ4n) is 3.76. The van der Waals surface area contributed by atoms with Crippen LogP contribution in [-0.4, -0.2) is 30.1 Å². The van der Waals surface area contributed by atoms with Crippen LogP contribution in [0.25, 0.3) is 10.9 Å². The minimum Gasteiger partial charge on any atom is -0.482 e. The smallest absolute Gasteiger partial charge is 0.344 e. The summed E-state index contributed by atoms with van der Waals surface area (Å²) in [5, 5.41) is 4.04. The van der Waals surface area contributed by atoms with E-state index in [1.54, 1.807) is 31.2 Å². The van der Waals surface area contributed by atoms with E-state index in [1.165, 1.54) is 24.1 Å². The number of anilines is 1. The number of fused-ring (bicyclic) bond motifs is 3. The summed E-state index contributed by atoms with van der Waals surface area (Å²) >= 11 is 0. The maximum Gasteiger partial charge on any atom is 0.344 e. The third kappa shape index (κ3) is 4.26. The van der Waals surface area contributed by atoms with Gasteiger partial charge in [0, 0.05) is 33.9 Å². The van der Waals surface area contributed by atoms with Gasteiger partial charge in [-0.1, -0.05) is 6.07 Å². The molecule has 0 saturated heterocycles. The Labute approximate surface area is 169 Å². The van der Waals surface area contributed by atoms with Crippen LogP contribution in [0.3, 0.4) is 0 Å². The zero-order valence-corrected chi connectivity index (χ0v) is 16.4. The van der Waals surface area contributed by atoms with Gasteiger partial charge in [-0.15, -0.1) is 0 Å². The van der Waals surface area contributed by atoms with Crippen LogP contribution < -0.4 is 10.1 Å². The van der Waals surface area contributed by atoms with E-state index in [1.807, 2.05) is 18.2 Å². The summed E-state index contributed by atoms with van der Waals surface area (Å²) in [5.41, 5.74) is 4.95. The summed E-state index contributed by atoms with van der Waals surface area (Å²) in [6, 6.07) is 12.7. The fourth-order valence-corrected chi connectivity index (χ4v) is 3.76. The highest BCUT2D eigenvalue weighted by molar-refractivity contribution is 6.06. The zero-order chi connectivity index (χ0) is 20.2.